The van der Waals surface area contributed by atoms with Gasteiger partial charge in [0.05, 0.1) is 6.61 Å². The Morgan fingerprint density at radius 1 is 1.19 bits per heavy atom. The lowest BCUT2D eigenvalue weighted by Crippen LogP contribution is -2.87. The topological polar surface area (TPSA) is 44.3 Å². The second kappa shape index (κ2) is 9.64. The number of nitrogens with two attached hydrogens (primary N) is 1. The molecule has 4 nitrogen and oxygen atoms in total. The average molecular weight is 294 g/mol. The highest BCUT2D eigenvalue weighted by atomic mass is 16.5. The van der Waals surface area contributed by atoms with Gasteiger partial charge in [-0.25, -0.2) is 0 Å². The van der Waals surface area contributed by atoms with Crippen LogP contribution in [0, 0.1) is 0 Å². The molecule has 1 aliphatic rings. The van der Waals surface area contributed by atoms with E-state index < -0.39 is 0 Å². The molecular weight excluding hydrogens is 266 g/mol. The summed E-state index contributed by atoms with van der Waals surface area (Å²) < 4.78 is 17.2. The molecule has 0 amide bonds. The van der Waals surface area contributed by atoms with Gasteiger partial charge in [0.2, 0.25) is 0 Å². The maximum Gasteiger partial charge on any atom is 0.161 e. The van der Waals surface area contributed by atoms with Crippen molar-refractivity contribution in [1.82, 2.24) is 0 Å². The lowest BCUT2D eigenvalue weighted by molar-refractivity contribution is -0.661. The highest BCUT2D eigenvalue weighted by Gasteiger charge is 2.16. The predicted molar refractivity (Wildman–Crippen MR) is 83.0 cm³/mol. The van der Waals surface area contributed by atoms with Crippen LogP contribution in [0.4, 0.5) is 0 Å². The molecule has 0 bridgehead atoms. The highest BCUT2D eigenvalue weighted by Crippen LogP contribution is 2.26. The fourth-order valence-corrected chi connectivity index (χ4v) is 2.40. The van der Waals surface area contributed by atoms with Crippen LogP contribution in [0.25, 0.3) is 0 Å². The number of quaternary nitrogens is 1. The first-order chi connectivity index (χ1) is 10.4. The molecule has 1 aliphatic heterocycles. The molecule has 1 heterocycles. The second-order valence-electron chi connectivity index (χ2n) is 5.45. The maximum absolute atomic E-state index is 5.84. The van der Waals surface area contributed by atoms with Gasteiger partial charge in [-0.05, 0) is 31.4 Å². The van der Waals surface area contributed by atoms with Gasteiger partial charge >= 0.3 is 0 Å². The molecule has 0 saturated carbocycles. The molecule has 0 unspecified atom stereocenters. The molecule has 2 N–H and O–H groups in total. The van der Waals surface area contributed by atoms with Gasteiger partial charge in [-0.15, -0.1) is 0 Å². The van der Waals surface area contributed by atoms with Crippen LogP contribution in [-0.4, -0.2) is 39.0 Å². The number of hydrogen-bond acceptors (Lipinski definition) is 3. The Morgan fingerprint density at radius 2 is 1.95 bits per heavy atom. The molecule has 2 rings (SSSR count). The molecular formula is C17H28NO3+. The van der Waals surface area contributed by atoms with Crippen LogP contribution < -0.4 is 14.8 Å². The molecule has 1 saturated heterocycles. The molecule has 1 atom stereocenters. The molecule has 0 radical (unpaired) electrons. The van der Waals surface area contributed by atoms with E-state index in [1.807, 2.05) is 24.3 Å². The minimum absolute atomic E-state index is 0.440. The highest BCUT2D eigenvalue weighted by molar-refractivity contribution is 5.39. The molecule has 4 heteroatoms. The van der Waals surface area contributed by atoms with E-state index in [4.69, 9.17) is 14.2 Å². The summed E-state index contributed by atoms with van der Waals surface area (Å²) in [4.78, 5) is 0. The zero-order valence-electron chi connectivity index (χ0n) is 13.1. The van der Waals surface area contributed by atoms with Crippen molar-refractivity contribution in [3.8, 4) is 11.5 Å². The van der Waals surface area contributed by atoms with Gasteiger partial charge < -0.3 is 19.5 Å². The molecule has 1 aromatic rings. The minimum atomic E-state index is 0.440. The summed E-state index contributed by atoms with van der Waals surface area (Å²) in [7, 11) is 0. The zero-order chi connectivity index (χ0) is 14.8. The van der Waals surface area contributed by atoms with Crippen LogP contribution in [0.15, 0.2) is 24.3 Å². The first-order valence-electron chi connectivity index (χ1n) is 8.18. The van der Waals surface area contributed by atoms with E-state index in [0.717, 1.165) is 50.6 Å². The molecule has 0 aromatic heterocycles. The minimum Gasteiger partial charge on any atom is -0.490 e. The third-order valence-corrected chi connectivity index (χ3v) is 3.64. The third-order valence-electron chi connectivity index (χ3n) is 3.64. The number of unbranched alkanes of at least 4 members (excludes halogenated alkanes) is 1. The first kappa shape index (κ1) is 16.1. The summed E-state index contributed by atoms with van der Waals surface area (Å²) in [5.74, 6) is 1.70. The summed E-state index contributed by atoms with van der Waals surface area (Å²) in [6.07, 6.45) is 5.06. The first-order valence-corrected chi connectivity index (χ1v) is 8.18. The van der Waals surface area contributed by atoms with Gasteiger partial charge in [0.1, 0.15) is 25.8 Å². The van der Waals surface area contributed by atoms with Crippen molar-refractivity contribution in [3.63, 3.8) is 0 Å². The standard InChI is InChI=1S/C17H27NO3/c1-2-3-11-20-16-8-4-5-9-17(16)21-13-10-18-14-15-7-6-12-19-15/h4-5,8-9,15,18H,2-3,6-7,10-14H2,1H3/p+1/t15-/m1/s1. The number of ether oxygens (including phenoxy) is 3. The normalized spacial score (nSPS) is 17.9. The average Bonchev–Trinajstić information content (AvgIpc) is 3.02. The van der Waals surface area contributed by atoms with Gasteiger partial charge in [0, 0.05) is 6.61 Å². The van der Waals surface area contributed by atoms with Crippen molar-refractivity contribution in [2.24, 2.45) is 0 Å². The summed E-state index contributed by atoms with van der Waals surface area (Å²) in [5.41, 5.74) is 0. The molecule has 21 heavy (non-hydrogen) atoms. The van der Waals surface area contributed by atoms with E-state index in [2.05, 4.69) is 12.2 Å². The van der Waals surface area contributed by atoms with Crippen LogP contribution in [0.3, 0.4) is 0 Å². The lowest BCUT2D eigenvalue weighted by atomic mass is 10.2. The van der Waals surface area contributed by atoms with Crippen molar-refractivity contribution in [2.75, 3.05) is 32.9 Å². The maximum atomic E-state index is 5.84. The Hall–Kier alpha value is -1.26. The van der Waals surface area contributed by atoms with Crippen molar-refractivity contribution in [3.05, 3.63) is 24.3 Å². The van der Waals surface area contributed by atoms with E-state index in [9.17, 15) is 0 Å². The summed E-state index contributed by atoms with van der Waals surface area (Å²) in [6.45, 7) is 6.52. The van der Waals surface area contributed by atoms with Crippen molar-refractivity contribution in [2.45, 2.75) is 38.7 Å². The molecule has 0 spiro atoms. The Kier molecular flexibility index (Phi) is 7.39. The van der Waals surface area contributed by atoms with Crippen LogP contribution in [0.5, 0.6) is 11.5 Å². The quantitative estimate of drug-likeness (QED) is 0.671. The Morgan fingerprint density at radius 3 is 2.62 bits per heavy atom. The molecule has 1 aromatic carbocycles. The van der Waals surface area contributed by atoms with Gasteiger partial charge in [-0.2, -0.15) is 0 Å². The third kappa shape index (κ3) is 5.94. The summed E-state index contributed by atoms with van der Waals surface area (Å²) in [5, 5.41) is 2.27. The predicted octanol–water partition coefficient (Wildman–Crippen LogP) is 1.99. The second-order valence-corrected chi connectivity index (χ2v) is 5.45. The van der Waals surface area contributed by atoms with Crippen LogP contribution >= 0.6 is 0 Å². The molecule has 118 valence electrons. The van der Waals surface area contributed by atoms with Crippen molar-refractivity contribution < 1.29 is 19.5 Å². The summed E-state index contributed by atoms with van der Waals surface area (Å²) in [6, 6.07) is 7.91. The van der Waals surface area contributed by atoms with Crippen LogP contribution in [-0.2, 0) is 4.74 Å². The SMILES string of the molecule is CCCCOc1ccccc1OCC[NH2+]C[C@H]1CCCO1. The van der Waals surface area contributed by atoms with E-state index in [-0.39, 0.29) is 0 Å². The van der Waals surface area contributed by atoms with Gasteiger partial charge in [-0.1, -0.05) is 25.5 Å². The van der Waals surface area contributed by atoms with Gasteiger partial charge in [-0.3, -0.25) is 0 Å². The Bertz CT molecular complexity index is 391. The van der Waals surface area contributed by atoms with Gasteiger partial charge in [0.15, 0.2) is 11.5 Å². The lowest BCUT2D eigenvalue weighted by Gasteiger charge is -2.12. The number of para-hydroxylation sites is 2. The summed E-state index contributed by atoms with van der Waals surface area (Å²) >= 11 is 0. The number of rotatable bonds is 10. The smallest absolute Gasteiger partial charge is 0.161 e. The zero-order valence-corrected chi connectivity index (χ0v) is 13.1. The van der Waals surface area contributed by atoms with E-state index in [0.29, 0.717) is 12.7 Å². The Balaban J connectivity index is 1.64. The van der Waals surface area contributed by atoms with Gasteiger partial charge in [0.25, 0.3) is 0 Å². The van der Waals surface area contributed by atoms with Crippen LogP contribution in [0.2, 0.25) is 0 Å². The van der Waals surface area contributed by atoms with E-state index in [1.165, 1.54) is 12.8 Å². The number of benzene rings is 1. The fourth-order valence-electron chi connectivity index (χ4n) is 2.40. The number of hydrogen-bond donors (Lipinski definition) is 1. The molecule has 1 fully saturated rings. The van der Waals surface area contributed by atoms with E-state index in [1.54, 1.807) is 0 Å². The van der Waals surface area contributed by atoms with Crippen molar-refractivity contribution in [1.29, 1.82) is 0 Å². The fraction of sp³-hybridized carbons (Fsp3) is 0.647. The van der Waals surface area contributed by atoms with Crippen molar-refractivity contribution >= 4 is 0 Å². The largest absolute Gasteiger partial charge is 0.490 e. The monoisotopic (exact) mass is 294 g/mol. The molecule has 0 aliphatic carbocycles. The van der Waals surface area contributed by atoms with E-state index >= 15 is 0 Å². The van der Waals surface area contributed by atoms with Crippen LogP contribution in [0.1, 0.15) is 32.6 Å². The Labute approximate surface area is 127 Å².